The van der Waals surface area contributed by atoms with E-state index in [1.807, 2.05) is 26.0 Å². The van der Waals surface area contributed by atoms with Crippen LogP contribution in [0.4, 0.5) is 0 Å². The first kappa shape index (κ1) is 15.3. The summed E-state index contributed by atoms with van der Waals surface area (Å²) in [6, 6.07) is 11.7. The molecule has 2 aromatic carbocycles. The molecule has 0 aliphatic carbocycles. The van der Waals surface area contributed by atoms with E-state index in [9.17, 15) is 9.90 Å². The average molecular weight is 310 g/mol. The van der Waals surface area contributed by atoms with Crippen LogP contribution in [-0.4, -0.2) is 10.2 Å². The van der Waals surface area contributed by atoms with Crippen molar-refractivity contribution in [1.29, 1.82) is 0 Å². The Kier molecular flexibility index (Phi) is 3.92. The number of aliphatic hydroxyl groups excluding tert-OH is 1. The van der Waals surface area contributed by atoms with Gasteiger partial charge in [-0.3, -0.25) is 4.79 Å². The number of phenolic OH excluding ortho intramolecular Hbond substituents is 1. The highest BCUT2D eigenvalue weighted by Crippen LogP contribution is 2.31. The summed E-state index contributed by atoms with van der Waals surface area (Å²) in [5.74, 6) is 0.669. The van der Waals surface area contributed by atoms with E-state index in [1.54, 1.807) is 18.2 Å². The minimum absolute atomic E-state index is 0.0157. The van der Waals surface area contributed by atoms with Crippen LogP contribution in [0.15, 0.2) is 51.7 Å². The largest absolute Gasteiger partial charge is 0.508 e. The molecule has 1 heterocycles. The lowest BCUT2D eigenvalue weighted by Gasteiger charge is -2.13. The van der Waals surface area contributed by atoms with Gasteiger partial charge in [-0.05, 0) is 23.3 Å². The van der Waals surface area contributed by atoms with Crippen molar-refractivity contribution in [3.05, 3.63) is 64.0 Å². The molecule has 0 atom stereocenters. The number of hydrogen-bond donors (Lipinski definition) is 2. The van der Waals surface area contributed by atoms with Crippen molar-refractivity contribution in [3.63, 3.8) is 0 Å². The molecule has 2 N–H and O–H groups in total. The van der Waals surface area contributed by atoms with Gasteiger partial charge >= 0.3 is 0 Å². The fourth-order valence-electron chi connectivity index (χ4n) is 2.66. The molecule has 0 radical (unpaired) electrons. The zero-order valence-electron chi connectivity index (χ0n) is 13.0. The van der Waals surface area contributed by atoms with E-state index in [1.165, 1.54) is 12.1 Å². The summed E-state index contributed by atoms with van der Waals surface area (Å²) in [6.07, 6.45) is 0. The highest BCUT2D eigenvalue weighted by atomic mass is 16.3. The second-order valence-corrected chi connectivity index (χ2v) is 5.86. The Bertz CT molecular complexity index is 905. The number of aliphatic hydroxyl groups is 1. The lowest BCUT2D eigenvalue weighted by Crippen LogP contribution is -2.10. The molecule has 1 aromatic heterocycles. The van der Waals surface area contributed by atoms with Crippen molar-refractivity contribution in [3.8, 4) is 16.9 Å². The Balaban J connectivity index is 2.33. The third kappa shape index (κ3) is 2.73. The van der Waals surface area contributed by atoms with Gasteiger partial charge in [0.05, 0.1) is 17.6 Å². The van der Waals surface area contributed by atoms with Gasteiger partial charge in [-0.1, -0.05) is 38.1 Å². The second kappa shape index (κ2) is 5.89. The van der Waals surface area contributed by atoms with Gasteiger partial charge in [0.15, 0.2) is 0 Å². The molecule has 0 amide bonds. The Hall–Kier alpha value is -2.59. The van der Waals surface area contributed by atoms with Gasteiger partial charge in [0.2, 0.25) is 5.43 Å². The smallest absolute Gasteiger partial charge is 0.200 e. The van der Waals surface area contributed by atoms with Crippen LogP contribution in [0.1, 0.15) is 31.1 Å². The standard InChI is InChI=1S/C19H18O4/c1-11(2)19-17(13-5-3-12(10-20)4-6-13)18(22)15-8-7-14(21)9-16(15)23-19/h3-9,11,20-21H,10H2,1-2H3. The van der Waals surface area contributed by atoms with E-state index in [0.29, 0.717) is 22.3 Å². The fraction of sp³-hybridized carbons (Fsp3) is 0.211. The molecule has 118 valence electrons. The highest BCUT2D eigenvalue weighted by Gasteiger charge is 2.18. The number of hydrogen-bond acceptors (Lipinski definition) is 4. The van der Waals surface area contributed by atoms with Crippen molar-refractivity contribution < 1.29 is 14.6 Å². The zero-order valence-corrected chi connectivity index (χ0v) is 13.0. The molecule has 0 spiro atoms. The van der Waals surface area contributed by atoms with Crippen LogP contribution < -0.4 is 5.43 Å². The molecule has 3 aromatic rings. The quantitative estimate of drug-likeness (QED) is 0.772. The number of phenols is 1. The topological polar surface area (TPSA) is 70.7 Å². The number of fused-ring (bicyclic) bond motifs is 1. The van der Waals surface area contributed by atoms with Crippen molar-refractivity contribution in [2.75, 3.05) is 0 Å². The molecule has 3 rings (SSSR count). The summed E-state index contributed by atoms with van der Waals surface area (Å²) in [4.78, 5) is 12.9. The molecule has 0 aliphatic heterocycles. The number of aromatic hydroxyl groups is 1. The first-order valence-electron chi connectivity index (χ1n) is 7.51. The summed E-state index contributed by atoms with van der Waals surface area (Å²) >= 11 is 0. The van der Waals surface area contributed by atoms with E-state index in [-0.39, 0.29) is 23.7 Å². The highest BCUT2D eigenvalue weighted by molar-refractivity contribution is 5.84. The Morgan fingerprint density at radius 2 is 1.78 bits per heavy atom. The molecular weight excluding hydrogens is 292 g/mol. The monoisotopic (exact) mass is 310 g/mol. The third-order valence-corrected chi connectivity index (χ3v) is 3.85. The molecule has 0 fully saturated rings. The summed E-state index contributed by atoms with van der Waals surface area (Å²) in [6.45, 7) is 3.87. The second-order valence-electron chi connectivity index (χ2n) is 5.86. The van der Waals surface area contributed by atoms with Crippen LogP contribution in [0, 0.1) is 0 Å². The zero-order chi connectivity index (χ0) is 16.6. The van der Waals surface area contributed by atoms with Crippen molar-refractivity contribution in [1.82, 2.24) is 0 Å². The van der Waals surface area contributed by atoms with Gasteiger partial charge in [-0.2, -0.15) is 0 Å². The van der Waals surface area contributed by atoms with Crippen LogP contribution in [0.3, 0.4) is 0 Å². The maximum atomic E-state index is 12.9. The predicted molar refractivity (Wildman–Crippen MR) is 89.6 cm³/mol. The van der Waals surface area contributed by atoms with Crippen LogP contribution in [-0.2, 0) is 6.61 Å². The maximum Gasteiger partial charge on any atom is 0.200 e. The molecule has 23 heavy (non-hydrogen) atoms. The minimum atomic E-state index is -0.119. The first-order valence-corrected chi connectivity index (χ1v) is 7.51. The molecule has 0 aliphatic rings. The Morgan fingerprint density at radius 3 is 2.39 bits per heavy atom. The minimum Gasteiger partial charge on any atom is -0.508 e. The van der Waals surface area contributed by atoms with Gasteiger partial charge in [0, 0.05) is 12.0 Å². The average Bonchev–Trinajstić information content (AvgIpc) is 2.54. The molecular formula is C19H18O4. The van der Waals surface area contributed by atoms with Gasteiger partial charge in [0.25, 0.3) is 0 Å². The van der Waals surface area contributed by atoms with E-state index in [4.69, 9.17) is 9.52 Å². The van der Waals surface area contributed by atoms with Gasteiger partial charge in [-0.15, -0.1) is 0 Å². The normalized spacial score (nSPS) is 11.3. The maximum absolute atomic E-state index is 12.9. The van der Waals surface area contributed by atoms with Crippen LogP contribution in [0.25, 0.3) is 22.1 Å². The van der Waals surface area contributed by atoms with Crippen molar-refractivity contribution in [2.45, 2.75) is 26.4 Å². The Morgan fingerprint density at radius 1 is 1.09 bits per heavy atom. The lowest BCUT2D eigenvalue weighted by molar-refractivity contribution is 0.282. The molecule has 4 heteroatoms. The molecule has 0 bridgehead atoms. The third-order valence-electron chi connectivity index (χ3n) is 3.85. The van der Waals surface area contributed by atoms with Crippen molar-refractivity contribution >= 4 is 11.0 Å². The summed E-state index contributed by atoms with van der Waals surface area (Å²) in [5.41, 5.74) is 2.34. The predicted octanol–water partition coefficient (Wildman–Crippen LogP) is 3.78. The molecule has 0 unspecified atom stereocenters. The van der Waals surface area contributed by atoms with E-state index >= 15 is 0 Å². The summed E-state index contributed by atoms with van der Waals surface area (Å²) in [5, 5.41) is 19.2. The van der Waals surface area contributed by atoms with Gasteiger partial charge in [-0.25, -0.2) is 0 Å². The van der Waals surface area contributed by atoms with Crippen LogP contribution in [0.5, 0.6) is 5.75 Å². The van der Waals surface area contributed by atoms with E-state index in [0.717, 1.165) is 11.1 Å². The lowest BCUT2D eigenvalue weighted by atomic mass is 9.96. The van der Waals surface area contributed by atoms with Gasteiger partial charge in [0.1, 0.15) is 17.1 Å². The summed E-state index contributed by atoms with van der Waals surface area (Å²) < 4.78 is 5.92. The molecule has 0 saturated heterocycles. The van der Waals surface area contributed by atoms with E-state index < -0.39 is 0 Å². The summed E-state index contributed by atoms with van der Waals surface area (Å²) in [7, 11) is 0. The van der Waals surface area contributed by atoms with Crippen LogP contribution in [0.2, 0.25) is 0 Å². The number of rotatable bonds is 3. The molecule has 4 nitrogen and oxygen atoms in total. The SMILES string of the molecule is CC(C)c1oc2cc(O)ccc2c(=O)c1-c1ccc(CO)cc1. The van der Waals surface area contributed by atoms with Gasteiger partial charge < -0.3 is 14.6 Å². The van der Waals surface area contributed by atoms with E-state index in [2.05, 4.69) is 0 Å². The van der Waals surface area contributed by atoms with Crippen LogP contribution >= 0.6 is 0 Å². The first-order chi connectivity index (χ1) is 11.0. The number of benzene rings is 2. The fourth-order valence-corrected chi connectivity index (χ4v) is 2.66. The molecule has 0 saturated carbocycles. The Labute approximate surface area is 133 Å². The van der Waals surface area contributed by atoms with Crippen molar-refractivity contribution in [2.24, 2.45) is 0 Å².